The Balaban J connectivity index is 2.50. The quantitative estimate of drug-likeness (QED) is 0.598. The Kier molecular flexibility index (Phi) is 3.80. The van der Waals surface area contributed by atoms with Gasteiger partial charge in [0.05, 0.1) is 24.0 Å². The lowest BCUT2D eigenvalue weighted by molar-refractivity contribution is -0.384. The Morgan fingerprint density at radius 2 is 1.90 bits per heavy atom. The van der Waals surface area contributed by atoms with Crippen LogP contribution in [0.2, 0.25) is 0 Å². The fourth-order valence-corrected chi connectivity index (χ4v) is 2.74. The smallest absolute Gasteiger partial charge is 0.308 e. The first-order valence-electron chi connectivity index (χ1n) is 5.57. The SMILES string of the molecule is COc1ccc(S(=O)(=O)n2cc([N+](=O)[O-])cn2)cc1OC. The van der Waals surface area contributed by atoms with E-state index in [0.29, 0.717) is 9.84 Å². The normalized spacial score (nSPS) is 11.1. The monoisotopic (exact) mass is 313 g/mol. The second kappa shape index (κ2) is 5.40. The Labute approximate surface area is 119 Å². The van der Waals surface area contributed by atoms with E-state index < -0.39 is 20.6 Å². The lowest BCUT2D eigenvalue weighted by Crippen LogP contribution is -2.13. The number of nitro groups is 1. The fraction of sp³-hybridized carbons (Fsp3) is 0.182. The van der Waals surface area contributed by atoms with E-state index in [-0.39, 0.29) is 10.6 Å². The summed E-state index contributed by atoms with van der Waals surface area (Å²) in [7, 11) is -1.26. The molecule has 0 amide bonds. The molecule has 2 aromatic rings. The lowest BCUT2D eigenvalue weighted by atomic mass is 10.3. The summed E-state index contributed by atoms with van der Waals surface area (Å²) >= 11 is 0. The largest absolute Gasteiger partial charge is 0.493 e. The van der Waals surface area contributed by atoms with Gasteiger partial charge in [-0.1, -0.05) is 0 Å². The predicted octanol–water partition coefficient (Wildman–Crippen LogP) is 1.05. The molecule has 0 aliphatic carbocycles. The number of methoxy groups -OCH3 is 2. The van der Waals surface area contributed by atoms with E-state index in [4.69, 9.17) is 9.47 Å². The molecule has 1 aromatic heterocycles. The molecule has 0 N–H and O–H groups in total. The van der Waals surface area contributed by atoms with Gasteiger partial charge < -0.3 is 9.47 Å². The molecule has 1 aromatic carbocycles. The first-order chi connectivity index (χ1) is 9.90. The van der Waals surface area contributed by atoms with Crippen LogP contribution in [0.25, 0.3) is 0 Å². The molecule has 0 bridgehead atoms. The highest BCUT2D eigenvalue weighted by Gasteiger charge is 2.22. The molecule has 0 spiro atoms. The summed E-state index contributed by atoms with van der Waals surface area (Å²) in [6.45, 7) is 0. The zero-order valence-electron chi connectivity index (χ0n) is 11.1. The van der Waals surface area contributed by atoms with E-state index in [1.165, 1.54) is 32.4 Å². The minimum Gasteiger partial charge on any atom is -0.493 e. The van der Waals surface area contributed by atoms with E-state index >= 15 is 0 Å². The lowest BCUT2D eigenvalue weighted by Gasteiger charge is -2.09. The molecule has 0 saturated heterocycles. The molecule has 0 saturated carbocycles. The van der Waals surface area contributed by atoms with Crippen LogP contribution in [0.15, 0.2) is 35.5 Å². The standard InChI is InChI=1S/C11H11N3O6S/c1-19-10-4-3-9(5-11(10)20-2)21(17,18)13-7-8(6-12-13)14(15)16/h3-7H,1-2H3. The summed E-state index contributed by atoms with van der Waals surface area (Å²) in [5.41, 5.74) is -0.418. The molecule has 112 valence electrons. The van der Waals surface area contributed by atoms with Gasteiger partial charge >= 0.3 is 5.69 Å². The zero-order valence-corrected chi connectivity index (χ0v) is 11.9. The Morgan fingerprint density at radius 1 is 1.24 bits per heavy atom. The van der Waals surface area contributed by atoms with Crippen LogP contribution in [-0.4, -0.2) is 36.7 Å². The summed E-state index contributed by atoms with van der Waals surface area (Å²) < 4.78 is 35.2. The molecule has 2 rings (SSSR count). The van der Waals surface area contributed by atoms with Gasteiger partial charge in [0.25, 0.3) is 10.0 Å². The number of rotatable bonds is 5. The van der Waals surface area contributed by atoms with Crippen LogP contribution in [0.3, 0.4) is 0 Å². The topological polar surface area (TPSA) is 114 Å². The van der Waals surface area contributed by atoms with Crippen molar-refractivity contribution < 1.29 is 22.8 Å². The van der Waals surface area contributed by atoms with Crippen molar-refractivity contribution in [3.63, 3.8) is 0 Å². The molecule has 0 atom stereocenters. The minimum absolute atomic E-state index is 0.127. The Hall–Kier alpha value is -2.62. The summed E-state index contributed by atoms with van der Waals surface area (Å²) in [5.74, 6) is 0.586. The van der Waals surface area contributed by atoms with Crippen LogP contribution >= 0.6 is 0 Å². The third-order valence-electron chi connectivity index (χ3n) is 2.66. The van der Waals surface area contributed by atoms with Crippen molar-refractivity contribution in [3.8, 4) is 11.5 Å². The van der Waals surface area contributed by atoms with Crippen molar-refractivity contribution in [3.05, 3.63) is 40.7 Å². The van der Waals surface area contributed by atoms with Gasteiger partial charge in [0, 0.05) is 6.07 Å². The molecule has 0 fully saturated rings. The molecule has 10 heteroatoms. The summed E-state index contributed by atoms with van der Waals surface area (Å²) in [6.07, 6.45) is 1.68. The minimum atomic E-state index is -4.04. The van der Waals surface area contributed by atoms with E-state index in [0.717, 1.165) is 12.4 Å². The van der Waals surface area contributed by atoms with Crippen LogP contribution in [0.4, 0.5) is 5.69 Å². The second-order valence-electron chi connectivity index (χ2n) is 3.85. The molecule has 21 heavy (non-hydrogen) atoms. The first-order valence-corrected chi connectivity index (χ1v) is 7.01. The average molecular weight is 313 g/mol. The maximum absolute atomic E-state index is 12.3. The average Bonchev–Trinajstić information content (AvgIpc) is 2.97. The number of hydrogen-bond donors (Lipinski definition) is 0. The van der Waals surface area contributed by atoms with Crippen molar-refractivity contribution in [2.24, 2.45) is 0 Å². The van der Waals surface area contributed by atoms with Gasteiger partial charge in [0.1, 0.15) is 12.4 Å². The van der Waals surface area contributed by atoms with E-state index in [9.17, 15) is 18.5 Å². The molecular weight excluding hydrogens is 302 g/mol. The van der Waals surface area contributed by atoms with Crippen LogP contribution in [0.1, 0.15) is 0 Å². The Bertz CT molecular complexity index is 783. The summed E-state index contributed by atoms with van der Waals surface area (Å²) in [5, 5.41) is 14.1. The Morgan fingerprint density at radius 3 is 2.43 bits per heavy atom. The maximum Gasteiger partial charge on any atom is 0.308 e. The fourth-order valence-electron chi connectivity index (χ4n) is 1.61. The van der Waals surface area contributed by atoms with E-state index in [1.807, 2.05) is 0 Å². The highest BCUT2D eigenvalue weighted by molar-refractivity contribution is 7.89. The van der Waals surface area contributed by atoms with Gasteiger partial charge in [0.2, 0.25) is 0 Å². The van der Waals surface area contributed by atoms with Gasteiger partial charge in [-0.15, -0.1) is 0 Å². The molecular formula is C11H11N3O6S. The second-order valence-corrected chi connectivity index (χ2v) is 5.65. The molecule has 0 radical (unpaired) electrons. The van der Waals surface area contributed by atoms with Crippen LogP contribution in [0.5, 0.6) is 11.5 Å². The highest BCUT2D eigenvalue weighted by Crippen LogP contribution is 2.30. The van der Waals surface area contributed by atoms with Crippen LogP contribution in [-0.2, 0) is 10.0 Å². The zero-order chi connectivity index (χ0) is 15.6. The van der Waals surface area contributed by atoms with Gasteiger partial charge in [-0.25, -0.2) is 0 Å². The summed E-state index contributed by atoms with van der Waals surface area (Å²) in [6, 6.07) is 3.97. The van der Waals surface area contributed by atoms with Crippen molar-refractivity contribution in [1.29, 1.82) is 0 Å². The van der Waals surface area contributed by atoms with Crippen molar-refractivity contribution in [1.82, 2.24) is 9.19 Å². The van der Waals surface area contributed by atoms with Gasteiger partial charge in [-0.05, 0) is 12.1 Å². The molecule has 9 nitrogen and oxygen atoms in total. The first kappa shape index (κ1) is 14.8. The molecule has 1 heterocycles. The van der Waals surface area contributed by atoms with Gasteiger partial charge in [-0.3, -0.25) is 10.1 Å². The maximum atomic E-state index is 12.3. The number of benzene rings is 1. The summed E-state index contributed by atoms with van der Waals surface area (Å²) in [4.78, 5) is 9.73. The molecule has 0 unspecified atom stereocenters. The molecule has 0 aliphatic heterocycles. The number of hydrogen-bond acceptors (Lipinski definition) is 7. The number of nitrogens with zero attached hydrogens (tertiary/aromatic N) is 3. The predicted molar refractivity (Wildman–Crippen MR) is 71.0 cm³/mol. The van der Waals surface area contributed by atoms with Crippen LogP contribution in [0, 0.1) is 10.1 Å². The van der Waals surface area contributed by atoms with Gasteiger partial charge in [0.15, 0.2) is 11.5 Å². The van der Waals surface area contributed by atoms with Crippen molar-refractivity contribution >= 4 is 15.7 Å². The van der Waals surface area contributed by atoms with Crippen molar-refractivity contribution in [2.45, 2.75) is 4.90 Å². The number of aromatic nitrogens is 2. The third-order valence-corrected chi connectivity index (χ3v) is 4.20. The van der Waals surface area contributed by atoms with Gasteiger partial charge in [-0.2, -0.15) is 17.6 Å². The van der Waals surface area contributed by atoms with E-state index in [2.05, 4.69) is 5.10 Å². The highest BCUT2D eigenvalue weighted by atomic mass is 32.2. The van der Waals surface area contributed by atoms with Crippen LogP contribution < -0.4 is 9.47 Å². The molecule has 0 aliphatic rings. The number of ether oxygens (including phenoxy) is 2. The third kappa shape index (κ3) is 2.65. The van der Waals surface area contributed by atoms with E-state index in [1.54, 1.807) is 0 Å². The van der Waals surface area contributed by atoms with Crippen molar-refractivity contribution in [2.75, 3.05) is 14.2 Å².